The summed E-state index contributed by atoms with van der Waals surface area (Å²) in [5.74, 6) is 0.882. The van der Waals surface area contributed by atoms with Gasteiger partial charge in [-0.1, -0.05) is 37.3 Å². The van der Waals surface area contributed by atoms with Crippen LogP contribution in [-0.4, -0.2) is 9.38 Å². The number of benzene rings is 1. The molecule has 1 atom stereocenters. The second-order valence-corrected chi connectivity index (χ2v) is 5.90. The van der Waals surface area contributed by atoms with E-state index in [2.05, 4.69) is 41.9 Å². The van der Waals surface area contributed by atoms with Crippen molar-refractivity contribution in [2.75, 3.05) is 5.73 Å². The third-order valence-corrected chi connectivity index (χ3v) is 4.51. The van der Waals surface area contributed by atoms with E-state index in [1.807, 2.05) is 34.9 Å². The molecule has 0 amide bonds. The number of imidazole rings is 1. The molecular formula is C16H16BrN3. The third kappa shape index (κ3) is 2.10. The lowest BCUT2D eigenvalue weighted by Crippen LogP contribution is -2.01. The summed E-state index contributed by atoms with van der Waals surface area (Å²) in [5.41, 5.74) is 10.5. The molecule has 0 aliphatic heterocycles. The van der Waals surface area contributed by atoms with Crippen LogP contribution in [0.25, 0.3) is 5.65 Å². The Morgan fingerprint density at radius 1 is 1.25 bits per heavy atom. The molecule has 0 fully saturated rings. The maximum atomic E-state index is 6.28. The number of hydrogen-bond donors (Lipinski definition) is 1. The molecule has 3 rings (SSSR count). The molecule has 0 aliphatic carbocycles. The number of nitrogens with zero attached hydrogens (tertiary/aromatic N) is 2. The van der Waals surface area contributed by atoms with Gasteiger partial charge >= 0.3 is 0 Å². The molecule has 0 bridgehead atoms. The fourth-order valence-corrected chi connectivity index (χ4v) is 2.73. The number of anilines is 1. The Labute approximate surface area is 126 Å². The van der Waals surface area contributed by atoms with Crippen LogP contribution in [0.4, 0.5) is 5.82 Å². The van der Waals surface area contributed by atoms with E-state index in [1.165, 1.54) is 5.56 Å². The van der Waals surface area contributed by atoms with E-state index in [4.69, 9.17) is 10.7 Å². The summed E-state index contributed by atoms with van der Waals surface area (Å²) in [4.78, 5) is 4.71. The average Bonchev–Trinajstić information content (AvgIpc) is 2.77. The Morgan fingerprint density at radius 3 is 2.65 bits per heavy atom. The van der Waals surface area contributed by atoms with E-state index < -0.39 is 0 Å². The van der Waals surface area contributed by atoms with Gasteiger partial charge in [0.25, 0.3) is 0 Å². The van der Waals surface area contributed by atoms with Crippen LogP contribution in [0.2, 0.25) is 0 Å². The van der Waals surface area contributed by atoms with Gasteiger partial charge in [-0.05, 0) is 40.0 Å². The minimum atomic E-state index is 0.176. The van der Waals surface area contributed by atoms with Crippen molar-refractivity contribution in [2.45, 2.75) is 19.8 Å². The smallest absolute Gasteiger partial charge is 0.139 e. The monoisotopic (exact) mass is 329 g/mol. The highest BCUT2D eigenvalue weighted by Gasteiger charge is 2.17. The van der Waals surface area contributed by atoms with Crippen LogP contribution < -0.4 is 5.73 Å². The molecule has 0 spiro atoms. The van der Waals surface area contributed by atoms with Gasteiger partial charge in [-0.2, -0.15) is 0 Å². The van der Waals surface area contributed by atoms with Gasteiger partial charge in [0.2, 0.25) is 0 Å². The standard InChI is InChI=1S/C16H16BrN3/c1-10-8-14-19-15(16(18)20(14)9-13(10)17)11(2)12-6-4-3-5-7-12/h3-9,11H,18H2,1-2H3. The van der Waals surface area contributed by atoms with Gasteiger partial charge in [0.15, 0.2) is 0 Å². The maximum absolute atomic E-state index is 6.28. The molecule has 2 heterocycles. The highest BCUT2D eigenvalue weighted by atomic mass is 79.9. The zero-order chi connectivity index (χ0) is 14.3. The van der Waals surface area contributed by atoms with E-state index >= 15 is 0 Å². The predicted octanol–water partition coefficient (Wildman–Crippen LogP) is 4.14. The Hall–Kier alpha value is -1.81. The van der Waals surface area contributed by atoms with Crippen LogP contribution in [0.5, 0.6) is 0 Å². The van der Waals surface area contributed by atoms with Gasteiger partial charge in [-0.15, -0.1) is 0 Å². The van der Waals surface area contributed by atoms with Crippen molar-refractivity contribution >= 4 is 27.4 Å². The third-order valence-electron chi connectivity index (χ3n) is 3.68. The van der Waals surface area contributed by atoms with E-state index in [-0.39, 0.29) is 5.92 Å². The lowest BCUT2D eigenvalue weighted by Gasteiger charge is -2.09. The molecule has 0 radical (unpaired) electrons. The number of nitrogen functional groups attached to an aromatic ring is 1. The van der Waals surface area contributed by atoms with Crippen molar-refractivity contribution in [2.24, 2.45) is 0 Å². The molecule has 0 saturated carbocycles. The SMILES string of the molecule is Cc1cc2nc(C(C)c3ccccc3)c(N)n2cc1Br. The van der Waals surface area contributed by atoms with Crippen LogP contribution in [-0.2, 0) is 0 Å². The van der Waals surface area contributed by atoms with Gasteiger partial charge in [-0.3, -0.25) is 4.40 Å². The normalized spacial score (nSPS) is 12.8. The first-order valence-corrected chi connectivity index (χ1v) is 7.35. The van der Waals surface area contributed by atoms with E-state index in [0.29, 0.717) is 5.82 Å². The lowest BCUT2D eigenvalue weighted by atomic mass is 9.98. The van der Waals surface area contributed by atoms with E-state index in [9.17, 15) is 0 Å². The summed E-state index contributed by atoms with van der Waals surface area (Å²) in [5, 5.41) is 0. The molecular weight excluding hydrogens is 314 g/mol. The topological polar surface area (TPSA) is 43.3 Å². The molecule has 2 N–H and O–H groups in total. The minimum Gasteiger partial charge on any atom is -0.383 e. The molecule has 0 aliphatic rings. The first kappa shape index (κ1) is 13.2. The van der Waals surface area contributed by atoms with Crippen molar-refractivity contribution in [3.05, 3.63) is 63.9 Å². The summed E-state index contributed by atoms with van der Waals surface area (Å²) >= 11 is 3.54. The summed E-state index contributed by atoms with van der Waals surface area (Å²) in [7, 11) is 0. The summed E-state index contributed by atoms with van der Waals surface area (Å²) in [6.07, 6.45) is 1.98. The second-order valence-electron chi connectivity index (χ2n) is 5.05. The van der Waals surface area contributed by atoms with Crippen LogP contribution in [0.1, 0.15) is 29.7 Å². The van der Waals surface area contributed by atoms with Crippen molar-refractivity contribution in [3.8, 4) is 0 Å². The quantitative estimate of drug-likeness (QED) is 0.767. The summed E-state index contributed by atoms with van der Waals surface area (Å²) in [6.45, 7) is 4.19. The Balaban J connectivity index is 2.15. The van der Waals surface area contributed by atoms with Gasteiger partial charge in [0.1, 0.15) is 11.5 Å². The summed E-state index contributed by atoms with van der Waals surface area (Å²) < 4.78 is 2.97. The van der Waals surface area contributed by atoms with Crippen molar-refractivity contribution in [1.82, 2.24) is 9.38 Å². The van der Waals surface area contributed by atoms with Crippen molar-refractivity contribution in [3.63, 3.8) is 0 Å². The van der Waals surface area contributed by atoms with E-state index in [1.54, 1.807) is 0 Å². The highest BCUT2D eigenvalue weighted by Crippen LogP contribution is 2.30. The number of aryl methyl sites for hydroxylation is 1. The number of pyridine rings is 1. The number of hydrogen-bond acceptors (Lipinski definition) is 2. The van der Waals surface area contributed by atoms with Gasteiger partial charge in [0.05, 0.1) is 5.69 Å². The highest BCUT2D eigenvalue weighted by molar-refractivity contribution is 9.10. The van der Waals surface area contributed by atoms with Gasteiger partial charge < -0.3 is 5.73 Å². The largest absolute Gasteiger partial charge is 0.383 e. The fourth-order valence-electron chi connectivity index (χ4n) is 2.41. The maximum Gasteiger partial charge on any atom is 0.139 e. The second kappa shape index (κ2) is 4.94. The van der Waals surface area contributed by atoms with Crippen molar-refractivity contribution < 1.29 is 0 Å². The molecule has 4 heteroatoms. The number of halogens is 1. The minimum absolute atomic E-state index is 0.176. The Kier molecular flexibility index (Phi) is 3.26. The number of fused-ring (bicyclic) bond motifs is 1. The zero-order valence-corrected chi connectivity index (χ0v) is 13.1. The molecule has 2 aromatic heterocycles. The molecule has 20 heavy (non-hydrogen) atoms. The first-order valence-electron chi connectivity index (χ1n) is 6.56. The fraction of sp³-hybridized carbons (Fsp3) is 0.188. The molecule has 1 aromatic carbocycles. The number of nitrogens with two attached hydrogens (primary N) is 1. The molecule has 3 aromatic rings. The molecule has 1 unspecified atom stereocenters. The Bertz CT molecular complexity index is 762. The number of rotatable bonds is 2. The van der Waals surface area contributed by atoms with Crippen LogP contribution in [0.3, 0.4) is 0 Å². The predicted molar refractivity (Wildman–Crippen MR) is 86.0 cm³/mol. The van der Waals surface area contributed by atoms with Crippen LogP contribution in [0.15, 0.2) is 47.1 Å². The van der Waals surface area contributed by atoms with Crippen LogP contribution in [0, 0.1) is 6.92 Å². The van der Waals surface area contributed by atoms with Crippen molar-refractivity contribution in [1.29, 1.82) is 0 Å². The molecule has 102 valence electrons. The lowest BCUT2D eigenvalue weighted by molar-refractivity contribution is 0.889. The van der Waals surface area contributed by atoms with Crippen LogP contribution >= 0.6 is 15.9 Å². The zero-order valence-electron chi connectivity index (χ0n) is 11.5. The number of aromatic nitrogens is 2. The summed E-state index contributed by atoms with van der Waals surface area (Å²) in [6, 6.07) is 12.4. The molecule has 3 nitrogen and oxygen atoms in total. The molecule has 0 saturated heterocycles. The average molecular weight is 330 g/mol. The first-order chi connectivity index (χ1) is 9.58. The van der Waals surface area contributed by atoms with Gasteiger partial charge in [0, 0.05) is 16.6 Å². The van der Waals surface area contributed by atoms with Gasteiger partial charge in [-0.25, -0.2) is 4.98 Å². The van der Waals surface area contributed by atoms with E-state index in [0.717, 1.165) is 21.4 Å². The Morgan fingerprint density at radius 2 is 1.95 bits per heavy atom.